The number of anilines is 1. The molecule has 0 radical (unpaired) electrons. The number of amides is 3. The summed E-state index contributed by atoms with van der Waals surface area (Å²) in [6.07, 6.45) is 1.08. The second-order valence-electron chi connectivity index (χ2n) is 10.9. The molecule has 0 saturated carbocycles. The predicted octanol–water partition coefficient (Wildman–Crippen LogP) is 2.26. The van der Waals surface area contributed by atoms with Crippen molar-refractivity contribution in [1.82, 2.24) is 25.2 Å². The smallest absolute Gasteiger partial charge is 0.245 e. The van der Waals surface area contributed by atoms with E-state index in [9.17, 15) is 19.5 Å². The first-order chi connectivity index (χ1) is 19.9. The quantitative estimate of drug-likeness (QED) is 0.333. The van der Waals surface area contributed by atoms with E-state index in [1.807, 2.05) is 31.2 Å². The minimum atomic E-state index is -0.769. The molecule has 3 saturated heterocycles. The number of aliphatic hydroxyl groups is 1. The number of rotatable bonds is 10. The van der Waals surface area contributed by atoms with Crippen LogP contribution in [0.25, 0.3) is 11.0 Å². The van der Waals surface area contributed by atoms with E-state index in [1.165, 1.54) is 0 Å². The number of nitrogens with zero attached hydrogens (tertiary/aromatic N) is 4. The van der Waals surface area contributed by atoms with Crippen LogP contribution in [0.2, 0.25) is 0 Å². The van der Waals surface area contributed by atoms with Crippen molar-refractivity contribution in [2.75, 3.05) is 25.1 Å². The van der Waals surface area contributed by atoms with Crippen molar-refractivity contribution in [3.8, 4) is 5.75 Å². The molecule has 216 valence electrons. The van der Waals surface area contributed by atoms with Crippen LogP contribution in [0, 0.1) is 17.8 Å². The molecule has 1 aromatic heterocycles. The van der Waals surface area contributed by atoms with Crippen LogP contribution in [0.3, 0.4) is 0 Å². The normalized spacial score (nSPS) is 28.2. The summed E-state index contributed by atoms with van der Waals surface area (Å²) >= 11 is 1.62. The zero-order valence-corrected chi connectivity index (χ0v) is 23.8. The van der Waals surface area contributed by atoms with Crippen molar-refractivity contribution in [3.05, 3.63) is 48.5 Å². The van der Waals surface area contributed by atoms with Crippen LogP contribution in [0.4, 0.5) is 5.69 Å². The summed E-state index contributed by atoms with van der Waals surface area (Å²) in [5.74, 6) is -1.13. The molecule has 12 heteroatoms. The maximum atomic E-state index is 14.1. The van der Waals surface area contributed by atoms with Gasteiger partial charge in [0.1, 0.15) is 24.0 Å². The molecular formula is C29H34N6O5S. The Balaban J connectivity index is 1.26. The molecule has 41 heavy (non-hydrogen) atoms. The lowest BCUT2D eigenvalue weighted by Gasteiger charge is -2.38. The van der Waals surface area contributed by atoms with Gasteiger partial charge in [0.2, 0.25) is 17.7 Å². The maximum Gasteiger partial charge on any atom is 0.245 e. The fourth-order valence-corrected chi connectivity index (χ4v) is 9.33. The van der Waals surface area contributed by atoms with Crippen molar-refractivity contribution in [2.45, 2.75) is 49.4 Å². The third-order valence-corrected chi connectivity index (χ3v) is 10.7. The van der Waals surface area contributed by atoms with Crippen molar-refractivity contribution in [1.29, 1.82) is 0 Å². The number of benzene rings is 2. The number of ether oxygens (including phenoxy) is 1. The van der Waals surface area contributed by atoms with Crippen molar-refractivity contribution in [2.24, 2.45) is 17.8 Å². The van der Waals surface area contributed by atoms with Gasteiger partial charge in [-0.1, -0.05) is 24.3 Å². The van der Waals surface area contributed by atoms with Crippen LogP contribution in [-0.2, 0) is 21.1 Å². The topological polar surface area (TPSA) is 139 Å². The molecular weight excluding hydrogens is 544 g/mol. The highest BCUT2D eigenvalue weighted by atomic mass is 32.2. The Hall–Kier alpha value is -3.64. The average Bonchev–Trinajstić information content (AvgIpc) is 3.69. The van der Waals surface area contributed by atoms with Gasteiger partial charge in [0.25, 0.3) is 0 Å². The van der Waals surface area contributed by atoms with E-state index >= 15 is 0 Å². The largest absolute Gasteiger partial charge is 0.494 e. The zero-order chi connectivity index (χ0) is 28.7. The van der Waals surface area contributed by atoms with Crippen LogP contribution in [0.15, 0.2) is 48.5 Å². The summed E-state index contributed by atoms with van der Waals surface area (Å²) in [6.45, 7) is 4.77. The molecule has 1 spiro atoms. The van der Waals surface area contributed by atoms with Gasteiger partial charge < -0.3 is 25.4 Å². The van der Waals surface area contributed by atoms with Crippen LogP contribution < -0.4 is 15.4 Å². The Morgan fingerprint density at radius 1 is 1.17 bits per heavy atom. The summed E-state index contributed by atoms with van der Waals surface area (Å²) in [5, 5.41) is 23.8. The number of para-hydroxylation sites is 1. The van der Waals surface area contributed by atoms with E-state index in [2.05, 4.69) is 27.9 Å². The number of hydrogen-bond acceptors (Lipinski definition) is 8. The van der Waals surface area contributed by atoms with E-state index in [1.54, 1.807) is 45.6 Å². The number of carbonyl (C=O) groups excluding carboxylic acids is 3. The van der Waals surface area contributed by atoms with Crippen molar-refractivity contribution < 1.29 is 24.2 Å². The first-order valence-corrected chi connectivity index (χ1v) is 15.0. The van der Waals surface area contributed by atoms with Gasteiger partial charge in [0, 0.05) is 24.1 Å². The lowest BCUT2D eigenvalue weighted by Crippen LogP contribution is -2.56. The Labute approximate surface area is 242 Å². The molecule has 3 N–H and O–H groups in total. The van der Waals surface area contributed by atoms with Gasteiger partial charge >= 0.3 is 0 Å². The third-order valence-electron chi connectivity index (χ3n) is 8.61. The maximum absolute atomic E-state index is 14.1. The van der Waals surface area contributed by atoms with Gasteiger partial charge in [-0.2, -0.15) is 0 Å². The van der Waals surface area contributed by atoms with Gasteiger partial charge in [-0.3, -0.25) is 14.4 Å². The molecule has 3 amide bonds. The number of aliphatic hydroxyl groups excluding tert-OH is 1. The monoisotopic (exact) mass is 578 g/mol. The van der Waals surface area contributed by atoms with Crippen LogP contribution in [0.5, 0.6) is 5.75 Å². The van der Waals surface area contributed by atoms with Crippen molar-refractivity contribution in [3.63, 3.8) is 0 Å². The number of fused-ring (bicyclic) bond motifs is 2. The first-order valence-electron chi connectivity index (χ1n) is 14.1. The molecule has 2 aromatic carbocycles. The zero-order valence-electron chi connectivity index (χ0n) is 23.0. The number of carbonyl (C=O) groups is 3. The average molecular weight is 579 g/mol. The number of nitrogens with one attached hydrogen (secondary N) is 2. The van der Waals surface area contributed by atoms with Crippen LogP contribution >= 0.6 is 11.8 Å². The molecule has 6 atom stereocenters. The highest BCUT2D eigenvalue weighted by molar-refractivity contribution is 8.02. The molecule has 3 aromatic rings. The highest BCUT2D eigenvalue weighted by Crippen LogP contribution is 2.68. The molecule has 3 unspecified atom stereocenters. The molecule has 3 fully saturated rings. The summed E-state index contributed by atoms with van der Waals surface area (Å²) in [4.78, 5) is 43.3. The molecule has 3 aliphatic rings. The molecule has 4 heterocycles. The Morgan fingerprint density at radius 2 is 1.95 bits per heavy atom. The Bertz CT molecular complexity index is 1460. The predicted molar refractivity (Wildman–Crippen MR) is 154 cm³/mol. The van der Waals surface area contributed by atoms with Crippen LogP contribution in [-0.4, -0.2) is 78.5 Å². The lowest BCUT2D eigenvalue weighted by atomic mass is 9.66. The lowest BCUT2D eigenvalue weighted by molar-refractivity contribution is -0.139. The van der Waals surface area contributed by atoms with Gasteiger partial charge in [0.05, 0.1) is 28.7 Å². The minimum absolute atomic E-state index is 0.0445. The van der Waals surface area contributed by atoms with Gasteiger partial charge in [-0.05, 0) is 62.1 Å². The fraction of sp³-hybridized carbons (Fsp3) is 0.483. The van der Waals surface area contributed by atoms with E-state index in [4.69, 9.17) is 4.74 Å². The van der Waals surface area contributed by atoms with Crippen molar-refractivity contribution >= 4 is 46.2 Å². The number of thioether (sulfide) groups is 1. The summed E-state index contributed by atoms with van der Waals surface area (Å²) in [7, 11) is 0. The van der Waals surface area contributed by atoms with E-state index in [-0.39, 0.29) is 48.7 Å². The molecule has 6 rings (SSSR count). The number of aromatic nitrogens is 3. The summed E-state index contributed by atoms with van der Waals surface area (Å²) < 4.78 is 6.37. The number of likely N-dealkylation sites (tertiary alicyclic amines) is 1. The molecule has 11 nitrogen and oxygen atoms in total. The van der Waals surface area contributed by atoms with Crippen LogP contribution in [0.1, 0.15) is 26.7 Å². The standard InChI is InChI=1S/C29H34N6O5S/c1-3-40-19-11-9-18(10-12-19)31-26(37)23-22-15-17(2)29(41-22)24(23)28(39)34(13-6-14-36)25(29)27(38)30-16-35-21-8-5-4-7-20(21)32-33-35/h4-5,7-12,17,22-25,36H,3,6,13-16H2,1-2H3,(H,30,38)(H,31,37)/t17?,22-,23+,24-,25?,29?/m0/s1. The number of hydrogen-bond donors (Lipinski definition) is 3. The second kappa shape index (κ2) is 11.0. The Kier molecular flexibility index (Phi) is 7.37. The molecule has 3 aliphatic heterocycles. The first kappa shape index (κ1) is 27.5. The summed E-state index contributed by atoms with van der Waals surface area (Å²) in [6, 6.07) is 13.9. The molecule has 2 bridgehead atoms. The molecule has 0 aliphatic carbocycles. The minimum Gasteiger partial charge on any atom is -0.494 e. The highest BCUT2D eigenvalue weighted by Gasteiger charge is 2.75. The SMILES string of the molecule is CCOc1ccc(NC(=O)[C@@H]2[C@@H]3CC(C)C4(S3)C(C(=O)NCn3nnc5ccccc53)N(CCCO)C(=O)[C@H]24)cc1. The van der Waals surface area contributed by atoms with E-state index in [0.29, 0.717) is 24.5 Å². The van der Waals surface area contributed by atoms with Gasteiger partial charge in [0.15, 0.2) is 0 Å². The summed E-state index contributed by atoms with van der Waals surface area (Å²) in [5.41, 5.74) is 2.14. The second-order valence-corrected chi connectivity index (χ2v) is 12.4. The van der Waals surface area contributed by atoms with E-state index in [0.717, 1.165) is 17.5 Å². The van der Waals surface area contributed by atoms with Gasteiger partial charge in [-0.25, -0.2) is 4.68 Å². The Morgan fingerprint density at radius 3 is 2.71 bits per heavy atom. The van der Waals surface area contributed by atoms with E-state index < -0.39 is 22.6 Å². The van der Waals surface area contributed by atoms with Gasteiger partial charge in [-0.15, -0.1) is 16.9 Å². The third kappa shape index (κ3) is 4.53. The fourth-order valence-electron chi connectivity index (χ4n) is 6.91.